The highest BCUT2D eigenvalue weighted by atomic mass is 19.1. The van der Waals surface area contributed by atoms with Crippen LogP contribution in [0.5, 0.6) is 0 Å². The molecule has 8 heteroatoms. The molecule has 1 aliphatic rings. The van der Waals surface area contributed by atoms with E-state index in [9.17, 15) is 18.8 Å². The van der Waals surface area contributed by atoms with E-state index >= 15 is 0 Å². The first kappa shape index (κ1) is 24.6. The molecule has 1 fully saturated rings. The van der Waals surface area contributed by atoms with Crippen molar-refractivity contribution in [2.24, 2.45) is 5.92 Å². The zero-order valence-electron chi connectivity index (χ0n) is 18.7. The van der Waals surface area contributed by atoms with Crippen molar-refractivity contribution in [3.05, 3.63) is 35.6 Å². The van der Waals surface area contributed by atoms with Gasteiger partial charge in [0.25, 0.3) is 0 Å². The molecule has 0 aliphatic carbocycles. The summed E-state index contributed by atoms with van der Waals surface area (Å²) in [6.45, 7) is 7.41. The summed E-state index contributed by atoms with van der Waals surface area (Å²) >= 11 is 0. The molecule has 7 nitrogen and oxygen atoms in total. The zero-order chi connectivity index (χ0) is 22.9. The number of ether oxygens (including phenoxy) is 1. The second-order valence-corrected chi connectivity index (χ2v) is 8.89. The Bertz CT molecular complexity index is 738. The normalized spacial score (nSPS) is 14.8. The number of carbonyl (C=O) groups excluding carboxylic acids is 3. The first-order chi connectivity index (χ1) is 14.6. The Labute approximate surface area is 183 Å². The van der Waals surface area contributed by atoms with E-state index in [4.69, 9.17) is 4.74 Å². The molecule has 3 amide bonds. The maximum atomic E-state index is 12.9. The number of unbranched alkanes of at least 4 members (excludes halogenated alkanes) is 1. The summed E-state index contributed by atoms with van der Waals surface area (Å²) in [6.07, 6.45) is 2.65. The Hall–Kier alpha value is -2.64. The molecule has 1 heterocycles. The van der Waals surface area contributed by atoms with Gasteiger partial charge in [0.05, 0.1) is 0 Å². The van der Waals surface area contributed by atoms with E-state index in [0.717, 1.165) is 5.56 Å². The van der Waals surface area contributed by atoms with Gasteiger partial charge in [-0.05, 0) is 64.2 Å². The standard InChI is InChI=1S/C23H34FN3O4/c1-23(2,3)31-22(30)25-13-5-4-6-20(28)27-14-11-18(12-15-27)21(29)26-16-17-7-9-19(24)10-8-17/h7-10,18H,4-6,11-16H2,1-3H3,(H,25,30)(H,26,29). The molecule has 172 valence electrons. The van der Waals surface area contributed by atoms with Gasteiger partial charge in [0.2, 0.25) is 11.8 Å². The number of rotatable bonds is 8. The van der Waals surface area contributed by atoms with Crippen LogP contribution in [0.25, 0.3) is 0 Å². The summed E-state index contributed by atoms with van der Waals surface area (Å²) in [5.41, 5.74) is 0.327. The number of hydrogen-bond acceptors (Lipinski definition) is 4. The molecule has 0 bridgehead atoms. The molecule has 0 atom stereocenters. The minimum absolute atomic E-state index is 0.0235. The molecule has 0 aromatic heterocycles. The number of benzene rings is 1. The SMILES string of the molecule is CC(C)(C)OC(=O)NCCCCC(=O)N1CCC(C(=O)NCc2ccc(F)cc2)CC1. The topological polar surface area (TPSA) is 87.7 Å². The Balaban J connectivity index is 1.58. The van der Waals surface area contributed by atoms with Crippen LogP contribution < -0.4 is 10.6 Å². The first-order valence-electron chi connectivity index (χ1n) is 10.9. The molecule has 1 saturated heterocycles. The molecule has 0 radical (unpaired) electrons. The fourth-order valence-corrected chi connectivity index (χ4v) is 3.39. The number of nitrogens with one attached hydrogen (secondary N) is 2. The van der Waals surface area contributed by atoms with Crippen LogP contribution in [-0.2, 0) is 20.9 Å². The van der Waals surface area contributed by atoms with Crippen LogP contribution in [-0.4, -0.2) is 48.0 Å². The number of carbonyl (C=O) groups is 3. The van der Waals surface area contributed by atoms with Crippen LogP contribution in [0.15, 0.2) is 24.3 Å². The van der Waals surface area contributed by atoms with E-state index in [-0.39, 0.29) is 23.5 Å². The third-order valence-corrected chi connectivity index (χ3v) is 5.08. The highest BCUT2D eigenvalue weighted by molar-refractivity contribution is 5.80. The largest absolute Gasteiger partial charge is 0.444 e. The predicted molar refractivity (Wildman–Crippen MR) is 116 cm³/mol. The van der Waals surface area contributed by atoms with E-state index in [1.165, 1.54) is 12.1 Å². The molecule has 1 aliphatic heterocycles. The number of amides is 3. The Kier molecular flexibility index (Phi) is 9.27. The van der Waals surface area contributed by atoms with Crippen LogP contribution >= 0.6 is 0 Å². The molecule has 31 heavy (non-hydrogen) atoms. The van der Waals surface area contributed by atoms with Crippen molar-refractivity contribution in [2.45, 2.75) is 65.0 Å². The molecule has 1 aromatic rings. The summed E-state index contributed by atoms with van der Waals surface area (Å²) in [4.78, 5) is 38.1. The fraction of sp³-hybridized carbons (Fsp3) is 0.609. The number of halogens is 1. The summed E-state index contributed by atoms with van der Waals surface area (Å²) < 4.78 is 18.1. The number of hydrogen-bond donors (Lipinski definition) is 2. The third kappa shape index (κ3) is 9.36. The van der Waals surface area contributed by atoms with Crippen molar-refractivity contribution in [1.82, 2.24) is 15.5 Å². The van der Waals surface area contributed by atoms with Crippen molar-refractivity contribution in [1.29, 1.82) is 0 Å². The quantitative estimate of drug-likeness (QED) is 0.613. The van der Waals surface area contributed by atoms with Gasteiger partial charge in [-0.1, -0.05) is 12.1 Å². The fourth-order valence-electron chi connectivity index (χ4n) is 3.39. The molecular weight excluding hydrogens is 401 g/mol. The molecule has 0 saturated carbocycles. The number of nitrogens with zero attached hydrogens (tertiary/aromatic N) is 1. The number of piperidine rings is 1. The second kappa shape index (κ2) is 11.7. The maximum Gasteiger partial charge on any atom is 0.407 e. The lowest BCUT2D eigenvalue weighted by Gasteiger charge is -2.31. The van der Waals surface area contributed by atoms with Gasteiger partial charge in [0, 0.05) is 38.5 Å². The van der Waals surface area contributed by atoms with Crippen LogP contribution in [0.1, 0.15) is 58.4 Å². The second-order valence-electron chi connectivity index (χ2n) is 8.89. The van der Waals surface area contributed by atoms with E-state index in [2.05, 4.69) is 10.6 Å². The number of alkyl carbamates (subject to hydrolysis) is 1. The highest BCUT2D eigenvalue weighted by Gasteiger charge is 2.27. The van der Waals surface area contributed by atoms with Gasteiger partial charge in [-0.15, -0.1) is 0 Å². The molecule has 1 aromatic carbocycles. The van der Waals surface area contributed by atoms with E-state index in [0.29, 0.717) is 58.3 Å². The first-order valence-corrected chi connectivity index (χ1v) is 10.9. The minimum atomic E-state index is -0.524. The van der Waals surface area contributed by atoms with Crippen molar-refractivity contribution >= 4 is 17.9 Å². The summed E-state index contributed by atoms with van der Waals surface area (Å²) in [7, 11) is 0. The average Bonchev–Trinajstić information content (AvgIpc) is 2.71. The van der Waals surface area contributed by atoms with E-state index < -0.39 is 11.7 Å². The summed E-state index contributed by atoms with van der Waals surface area (Å²) in [5, 5.41) is 5.58. The van der Waals surface area contributed by atoms with Gasteiger partial charge < -0.3 is 20.3 Å². The molecule has 0 unspecified atom stereocenters. The van der Waals surface area contributed by atoms with Gasteiger partial charge in [0.1, 0.15) is 11.4 Å². The Morgan fingerprint density at radius 2 is 1.71 bits per heavy atom. The van der Waals surface area contributed by atoms with Crippen molar-refractivity contribution in [3.8, 4) is 0 Å². The van der Waals surface area contributed by atoms with Crippen LogP contribution in [0.2, 0.25) is 0 Å². The third-order valence-electron chi connectivity index (χ3n) is 5.08. The van der Waals surface area contributed by atoms with Crippen molar-refractivity contribution in [2.75, 3.05) is 19.6 Å². The summed E-state index contributed by atoms with van der Waals surface area (Å²) in [6, 6.07) is 6.05. The zero-order valence-corrected chi connectivity index (χ0v) is 18.7. The van der Waals surface area contributed by atoms with E-state index in [1.807, 2.05) is 25.7 Å². The van der Waals surface area contributed by atoms with Gasteiger partial charge in [0.15, 0.2) is 0 Å². The van der Waals surface area contributed by atoms with Crippen molar-refractivity contribution in [3.63, 3.8) is 0 Å². The average molecular weight is 436 g/mol. The van der Waals surface area contributed by atoms with Crippen LogP contribution in [0, 0.1) is 11.7 Å². The lowest BCUT2D eigenvalue weighted by atomic mass is 9.95. The lowest BCUT2D eigenvalue weighted by Crippen LogP contribution is -2.42. The van der Waals surface area contributed by atoms with Crippen LogP contribution in [0.4, 0.5) is 9.18 Å². The monoisotopic (exact) mass is 435 g/mol. The Morgan fingerprint density at radius 3 is 2.32 bits per heavy atom. The van der Waals surface area contributed by atoms with Crippen molar-refractivity contribution < 1.29 is 23.5 Å². The summed E-state index contributed by atoms with van der Waals surface area (Å²) in [5.74, 6) is -0.346. The van der Waals surface area contributed by atoms with Gasteiger partial charge in [-0.3, -0.25) is 9.59 Å². The number of likely N-dealkylation sites (tertiary alicyclic amines) is 1. The molecule has 0 spiro atoms. The minimum Gasteiger partial charge on any atom is -0.444 e. The van der Waals surface area contributed by atoms with Gasteiger partial charge in [-0.25, -0.2) is 9.18 Å². The molecular formula is C23H34FN3O4. The van der Waals surface area contributed by atoms with Crippen LogP contribution in [0.3, 0.4) is 0 Å². The molecule has 2 rings (SSSR count). The van der Waals surface area contributed by atoms with Gasteiger partial charge >= 0.3 is 6.09 Å². The lowest BCUT2D eigenvalue weighted by molar-refractivity contribution is -0.135. The smallest absolute Gasteiger partial charge is 0.407 e. The predicted octanol–water partition coefficient (Wildman–Crippen LogP) is 3.38. The van der Waals surface area contributed by atoms with Gasteiger partial charge in [-0.2, -0.15) is 0 Å². The van der Waals surface area contributed by atoms with E-state index in [1.54, 1.807) is 12.1 Å². The maximum absolute atomic E-state index is 12.9. The molecule has 2 N–H and O–H groups in total. The highest BCUT2D eigenvalue weighted by Crippen LogP contribution is 2.19. The Morgan fingerprint density at radius 1 is 1.06 bits per heavy atom.